The Morgan fingerprint density at radius 2 is 0.894 bits per heavy atom. The van der Waals surface area contributed by atoms with E-state index in [1.807, 2.05) is 121 Å². The van der Waals surface area contributed by atoms with Crippen molar-refractivity contribution in [2.45, 2.75) is 62.6 Å². The largest absolute Gasteiger partial charge is 0.523 e. The predicted molar refractivity (Wildman–Crippen MR) is 166 cm³/mol. The van der Waals surface area contributed by atoms with E-state index in [4.69, 9.17) is 23.7 Å². The van der Waals surface area contributed by atoms with Crippen LogP contribution in [-0.4, -0.2) is 51.2 Å². The Bertz CT molecular complexity index is 1590. The number of hydrogen-bond acceptors (Lipinski definition) is 8. The first-order chi connectivity index (χ1) is 22.7. The summed E-state index contributed by atoms with van der Waals surface area (Å²) in [5, 5.41) is 0. The number of rotatable bonds is 15. The molecule has 0 amide bonds. The molecule has 47 heavy (non-hydrogen) atoms. The Labute approximate surface area is 272 Å². The molecule has 4 aromatic carbocycles. The van der Waals surface area contributed by atoms with E-state index in [9.17, 15) is 21.6 Å². The molecule has 1 fully saturated rings. The van der Waals surface area contributed by atoms with Crippen LogP contribution in [0.25, 0.3) is 0 Å². The van der Waals surface area contributed by atoms with E-state index >= 15 is 0 Å². The van der Waals surface area contributed by atoms with Crippen molar-refractivity contribution in [2.75, 3.05) is 6.61 Å². The van der Waals surface area contributed by atoms with Crippen LogP contribution in [0, 0.1) is 0 Å². The van der Waals surface area contributed by atoms with Crippen LogP contribution in [0.1, 0.15) is 22.3 Å². The molecule has 0 saturated carbocycles. The fourth-order valence-corrected chi connectivity index (χ4v) is 5.44. The summed E-state index contributed by atoms with van der Waals surface area (Å²) in [4.78, 5) is 0. The lowest BCUT2D eigenvalue weighted by molar-refractivity contribution is -0.328. The molecule has 0 radical (unpaired) electrons. The summed E-state index contributed by atoms with van der Waals surface area (Å²) < 4.78 is 99.8. The van der Waals surface area contributed by atoms with Gasteiger partial charge in [0.1, 0.15) is 24.4 Å². The summed E-state index contributed by atoms with van der Waals surface area (Å²) >= 11 is 0. The topological polar surface area (TPSA) is 89.5 Å². The van der Waals surface area contributed by atoms with Crippen molar-refractivity contribution in [3.05, 3.63) is 144 Å². The summed E-state index contributed by atoms with van der Waals surface area (Å²) in [6.45, 7) is -0.722. The summed E-state index contributed by atoms with van der Waals surface area (Å²) in [7, 11) is -5.94. The van der Waals surface area contributed by atoms with Crippen molar-refractivity contribution < 1.29 is 49.5 Å². The fourth-order valence-electron chi connectivity index (χ4n) is 4.99. The molecule has 1 aliphatic rings. The summed E-state index contributed by atoms with van der Waals surface area (Å²) in [5.74, 6) is 0. The molecule has 1 heterocycles. The minimum atomic E-state index is -5.94. The fraction of sp³-hybridized carbons (Fsp3) is 0.314. The maximum absolute atomic E-state index is 13.3. The van der Waals surface area contributed by atoms with Crippen LogP contribution in [0.2, 0.25) is 0 Å². The maximum atomic E-state index is 13.3. The molecule has 1 aliphatic heterocycles. The van der Waals surface area contributed by atoms with E-state index in [0.29, 0.717) is 0 Å². The van der Waals surface area contributed by atoms with E-state index in [-0.39, 0.29) is 26.4 Å². The van der Waals surface area contributed by atoms with E-state index in [0.717, 1.165) is 22.3 Å². The van der Waals surface area contributed by atoms with Crippen molar-refractivity contribution in [3.8, 4) is 0 Å². The Morgan fingerprint density at radius 1 is 0.532 bits per heavy atom. The lowest BCUT2D eigenvalue weighted by Gasteiger charge is -2.45. The zero-order valence-electron chi connectivity index (χ0n) is 25.3. The standard InChI is InChI=1S/C35H35F3O8S/c36-35(37,38)47(39,40)45-25-30-31(41-21-26-13-5-1-6-14-26)32(42-22-27-15-7-2-8-16-27)33(43-23-28-17-9-3-10-18-28)34(46-30)44-24-29-19-11-4-12-20-29/h1-20,30-34H,21-25H2/t30-,31-,32+,33-,34-/m1/s1. The third-order valence-corrected chi connectivity index (χ3v) is 8.39. The summed E-state index contributed by atoms with van der Waals surface area (Å²) in [6.07, 6.45) is -5.68. The van der Waals surface area contributed by atoms with Crippen molar-refractivity contribution in [2.24, 2.45) is 0 Å². The van der Waals surface area contributed by atoms with Crippen molar-refractivity contribution in [1.82, 2.24) is 0 Å². The molecule has 0 aromatic heterocycles. The van der Waals surface area contributed by atoms with Crippen LogP contribution in [0.5, 0.6) is 0 Å². The molecular weight excluding hydrogens is 637 g/mol. The van der Waals surface area contributed by atoms with Crippen LogP contribution >= 0.6 is 0 Å². The van der Waals surface area contributed by atoms with Gasteiger partial charge in [0.2, 0.25) is 0 Å². The minimum absolute atomic E-state index is 0.0174. The molecule has 5 rings (SSSR count). The molecule has 0 spiro atoms. The Kier molecular flexibility index (Phi) is 12.2. The molecule has 0 bridgehead atoms. The van der Waals surface area contributed by atoms with E-state index in [1.54, 1.807) is 0 Å². The first-order valence-electron chi connectivity index (χ1n) is 14.9. The van der Waals surface area contributed by atoms with Gasteiger partial charge in [-0.05, 0) is 22.3 Å². The molecule has 5 atom stereocenters. The smallest absolute Gasteiger partial charge is 0.368 e. The number of hydrogen-bond donors (Lipinski definition) is 0. The molecule has 1 saturated heterocycles. The summed E-state index contributed by atoms with van der Waals surface area (Å²) in [6, 6.07) is 36.9. The average Bonchev–Trinajstić information content (AvgIpc) is 3.09. The monoisotopic (exact) mass is 672 g/mol. The average molecular weight is 673 g/mol. The Hall–Kier alpha value is -3.62. The highest BCUT2D eigenvalue weighted by Crippen LogP contribution is 2.33. The van der Waals surface area contributed by atoms with Gasteiger partial charge in [0, 0.05) is 0 Å². The Balaban J connectivity index is 1.49. The number of ether oxygens (including phenoxy) is 5. The van der Waals surface area contributed by atoms with E-state index in [2.05, 4.69) is 4.18 Å². The van der Waals surface area contributed by atoms with Crippen molar-refractivity contribution >= 4 is 10.1 Å². The minimum Gasteiger partial charge on any atom is -0.368 e. The predicted octanol–water partition coefficient (Wildman–Crippen LogP) is 6.55. The maximum Gasteiger partial charge on any atom is 0.523 e. The molecule has 250 valence electrons. The first-order valence-corrected chi connectivity index (χ1v) is 16.3. The number of alkyl halides is 3. The van der Waals surface area contributed by atoms with Gasteiger partial charge in [-0.3, -0.25) is 4.18 Å². The third-order valence-electron chi connectivity index (χ3n) is 7.38. The van der Waals surface area contributed by atoms with Gasteiger partial charge >= 0.3 is 15.6 Å². The van der Waals surface area contributed by atoms with Crippen LogP contribution < -0.4 is 0 Å². The quantitative estimate of drug-likeness (QED) is 0.104. The Morgan fingerprint density at radius 3 is 1.30 bits per heavy atom. The van der Waals surface area contributed by atoms with Gasteiger partial charge in [0.25, 0.3) is 0 Å². The van der Waals surface area contributed by atoms with Gasteiger partial charge in [-0.2, -0.15) is 21.6 Å². The third kappa shape index (κ3) is 9.94. The zero-order chi connectivity index (χ0) is 33.1. The molecule has 0 unspecified atom stereocenters. The number of benzene rings is 4. The second-order valence-electron chi connectivity index (χ2n) is 10.8. The highest BCUT2D eigenvalue weighted by Gasteiger charge is 2.52. The molecule has 0 aliphatic carbocycles. The van der Waals surface area contributed by atoms with Crippen LogP contribution in [0.4, 0.5) is 13.2 Å². The van der Waals surface area contributed by atoms with Crippen LogP contribution in [0.15, 0.2) is 121 Å². The van der Waals surface area contributed by atoms with Crippen LogP contribution in [-0.2, 0) is 64.4 Å². The number of halogens is 3. The van der Waals surface area contributed by atoms with Gasteiger partial charge in [-0.15, -0.1) is 0 Å². The second-order valence-corrected chi connectivity index (χ2v) is 12.4. The van der Waals surface area contributed by atoms with Gasteiger partial charge in [-0.25, -0.2) is 0 Å². The highest BCUT2D eigenvalue weighted by molar-refractivity contribution is 7.87. The molecule has 12 heteroatoms. The normalized spacial score (nSPS) is 21.8. The van der Waals surface area contributed by atoms with Gasteiger partial charge in [0.05, 0.1) is 33.0 Å². The van der Waals surface area contributed by atoms with E-state index < -0.39 is 52.9 Å². The van der Waals surface area contributed by atoms with Gasteiger partial charge < -0.3 is 23.7 Å². The van der Waals surface area contributed by atoms with Crippen LogP contribution in [0.3, 0.4) is 0 Å². The van der Waals surface area contributed by atoms with E-state index in [1.165, 1.54) is 0 Å². The molecular formula is C35H35F3O8S. The lowest BCUT2D eigenvalue weighted by atomic mass is 9.97. The second kappa shape index (κ2) is 16.5. The summed E-state index contributed by atoms with van der Waals surface area (Å²) in [5.41, 5.74) is -2.40. The first kappa shape index (κ1) is 34.7. The zero-order valence-corrected chi connectivity index (χ0v) is 26.1. The van der Waals surface area contributed by atoms with Gasteiger partial charge in [0.15, 0.2) is 6.29 Å². The highest BCUT2D eigenvalue weighted by atomic mass is 32.2. The molecule has 0 N–H and O–H groups in total. The molecule has 4 aromatic rings. The lowest BCUT2D eigenvalue weighted by Crippen LogP contribution is -2.62. The molecule has 8 nitrogen and oxygen atoms in total. The van der Waals surface area contributed by atoms with Crippen molar-refractivity contribution in [3.63, 3.8) is 0 Å². The SMILES string of the molecule is O=S(=O)(OC[C@H]1O[C@@H](OCc2ccccc2)[C@H](OCc2ccccc2)[C@@H](OCc2ccccc2)[C@@H]1OCc1ccccc1)C(F)(F)F. The van der Waals surface area contributed by atoms with Gasteiger partial charge in [-0.1, -0.05) is 121 Å². The van der Waals surface area contributed by atoms with Crippen molar-refractivity contribution in [1.29, 1.82) is 0 Å².